The van der Waals surface area contributed by atoms with Gasteiger partial charge in [0.05, 0.1) is 33.6 Å². The third-order valence-electron chi connectivity index (χ3n) is 7.22. The number of oxime groups is 1. The summed E-state index contributed by atoms with van der Waals surface area (Å²) >= 11 is 0. The van der Waals surface area contributed by atoms with Gasteiger partial charge in [0.15, 0.2) is 5.84 Å². The molecule has 1 spiro atoms. The molecule has 32 heavy (non-hydrogen) atoms. The molecule has 5 heterocycles. The first kappa shape index (κ1) is 19.5. The van der Waals surface area contributed by atoms with Crippen LogP contribution in [0.4, 0.5) is 0 Å². The summed E-state index contributed by atoms with van der Waals surface area (Å²) in [5, 5.41) is 5.75. The normalized spacial score (nSPS) is 26.4. The Morgan fingerprint density at radius 3 is 2.69 bits per heavy atom. The lowest BCUT2D eigenvalue weighted by molar-refractivity contribution is -0.198. The van der Waals surface area contributed by atoms with Gasteiger partial charge in [0.25, 0.3) is 0 Å². The van der Waals surface area contributed by atoms with Gasteiger partial charge in [-0.1, -0.05) is 17.3 Å². The highest BCUT2D eigenvalue weighted by molar-refractivity contribution is 6.02. The molecule has 1 aromatic heterocycles. The average molecular weight is 434 g/mol. The molecular weight excluding hydrogens is 406 g/mol. The van der Waals surface area contributed by atoms with Gasteiger partial charge in [-0.05, 0) is 50.2 Å². The van der Waals surface area contributed by atoms with E-state index in [0.29, 0.717) is 12.5 Å². The van der Waals surface area contributed by atoms with E-state index >= 15 is 0 Å². The van der Waals surface area contributed by atoms with E-state index in [2.05, 4.69) is 39.2 Å². The Labute approximate surface area is 187 Å². The third kappa shape index (κ3) is 2.95. The van der Waals surface area contributed by atoms with Crippen LogP contribution in [0.3, 0.4) is 0 Å². The van der Waals surface area contributed by atoms with Crippen LogP contribution in [0.1, 0.15) is 24.0 Å². The van der Waals surface area contributed by atoms with E-state index < -0.39 is 5.72 Å². The first-order valence-corrected chi connectivity index (χ1v) is 11.1. The minimum atomic E-state index is -0.463. The van der Waals surface area contributed by atoms with Crippen LogP contribution in [-0.2, 0) is 11.4 Å². The maximum absolute atomic E-state index is 6.36. The molecule has 0 aliphatic carbocycles. The molecule has 7 rings (SSSR count). The van der Waals surface area contributed by atoms with Gasteiger partial charge >= 0.3 is 0 Å². The number of methoxy groups -OCH3 is 2. The smallest absolute Gasteiger partial charge is 0.227 e. The van der Waals surface area contributed by atoms with Gasteiger partial charge in [-0.25, -0.2) is 0 Å². The maximum Gasteiger partial charge on any atom is 0.227 e. The lowest BCUT2D eigenvalue weighted by atomic mass is 9.79. The zero-order valence-electron chi connectivity index (χ0n) is 18.4. The molecule has 2 bridgehead atoms. The van der Waals surface area contributed by atoms with Crippen molar-refractivity contribution in [3.63, 3.8) is 0 Å². The van der Waals surface area contributed by atoms with Crippen LogP contribution in [0.5, 0.6) is 11.5 Å². The number of furan rings is 1. The molecule has 3 fully saturated rings. The average Bonchev–Trinajstić information content (AvgIpc) is 3.45. The molecule has 4 aliphatic rings. The number of amidine groups is 1. The van der Waals surface area contributed by atoms with Crippen molar-refractivity contribution in [1.82, 2.24) is 9.80 Å². The number of rotatable bonds is 5. The lowest BCUT2D eigenvalue weighted by Gasteiger charge is -2.53. The van der Waals surface area contributed by atoms with Crippen molar-refractivity contribution >= 4 is 16.8 Å². The number of nitrogens with zero attached hydrogens (tertiary/aromatic N) is 3. The van der Waals surface area contributed by atoms with Crippen LogP contribution < -0.4 is 9.47 Å². The summed E-state index contributed by atoms with van der Waals surface area (Å²) in [6.07, 6.45) is 3.96. The molecule has 3 aromatic rings. The zero-order valence-corrected chi connectivity index (χ0v) is 18.4. The summed E-state index contributed by atoms with van der Waals surface area (Å²) in [7, 11) is 3.36. The van der Waals surface area contributed by atoms with Crippen molar-refractivity contribution in [2.45, 2.75) is 25.1 Å². The number of fused-ring (bicyclic) bond motifs is 3. The Balaban J connectivity index is 1.42. The molecule has 7 heteroatoms. The zero-order chi connectivity index (χ0) is 21.7. The Morgan fingerprint density at radius 2 is 1.94 bits per heavy atom. The number of piperidine rings is 3. The fraction of sp³-hybridized carbons (Fsp3) is 0.400. The van der Waals surface area contributed by atoms with Crippen LogP contribution in [0.15, 0.2) is 58.3 Å². The Bertz CT molecular complexity index is 1180. The quantitative estimate of drug-likeness (QED) is 0.605. The highest BCUT2D eigenvalue weighted by Crippen LogP contribution is 2.45. The van der Waals surface area contributed by atoms with Gasteiger partial charge in [-0.15, -0.1) is 0 Å². The van der Waals surface area contributed by atoms with E-state index in [1.807, 2.05) is 18.2 Å². The third-order valence-corrected chi connectivity index (χ3v) is 7.22. The highest BCUT2D eigenvalue weighted by atomic mass is 16.7. The molecule has 0 amide bonds. The van der Waals surface area contributed by atoms with Crippen LogP contribution in [0.2, 0.25) is 0 Å². The van der Waals surface area contributed by atoms with Crippen LogP contribution >= 0.6 is 0 Å². The minimum Gasteiger partial charge on any atom is -0.497 e. The summed E-state index contributed by atoms with van der Waals surface area (Å²) < 4.78 is 16.8. The molecule has 0 N–H and O–H groups in total. The molecule has 1 atom stereocenters. The van der Waals surface area contributed by atoms with Crippen molar-refractivity contribution in [1.29, 1.82) is 0 Å². The second-order valence-corrected chi connectivity index (χ2v) is 8.84. The molecule has 3 saturated heterocycles. The van der Waals surface area contributed by atoms with Crippen molar-refractivity contribution < 1.29 is 18.7 Å². The monoisotopic (exact) mass is 433 g/mol. The predicted octanol–water partition coefficient (Wildman–Crippen LogP) is 4.07. The second-order valence-electron chi connectivity index (χ2n) is 8.84. The van der Waals surface area contributed by atoms with E-state index in [1.54, 1.807) is 20.5 Å². The first-order valence-electron chi connectivity index (χ1n) is 11.1. The van der Waals surface area contributed by atoms with Gasteiger partial charge in [0.2, 0.25) is 5.72 Å². The van der Waals surface area contributed by atoms with E-state index in [0.717, 1.165) is 71.9 Å². The molecule has 2 aromatic carbocycles. The van der Waals surface area contributed by atoms with Gasteiger partial charge in [0, 0.05) is 28.5 Å². The van der Waals surface area contributed by atoms with Crippen LogP contribution in [-0.4, -0.2) is 55.2 Å². The molecule has 0 saturated carbocycles. The van der Waals surface area contributed by atoms with Crippen molar-refractivity contribution in [2.75, 3.05) is 33.9 Å². The van der Waals surface area contributed by atoms with Crippen LogP contribution in [0.25, 0.3) is 11.0 Å². The Kier molecular flexibility index (Phi) is 4.54. The van der Waals surface area contributed by atoms with Crippen LogP contribution in [0, 0.1) is 5.92 Å². The fourth-order valence-corrected chi connectivity index (χ4v) is 5.46. The Morgan fingerprint density at radius 1 is 1.06 bits per heavy atom. The summed E-state index contributed by atoms with van der Waals surface area (Å²) in [6.45, 7) is 3.74. The standard InChI is InChI=1S/C25H27N3O4/c1-29-21-6-5-19(22(14-21)30-2)15-28-24(18-4-3-17-9-12-31-23(17)13-18)26-32-25(28)16-27-10-7-20(25)8-11-27/h3-6,9,12-14,20H,7-8,10-11,15-16H2,1-2H3. The molecule has 4 aliphatic heterocycles. The van der Waals surface area contributed by atoms with Crippen molar-refractivity contribution in [3.8, 4) is 11.5 Å². The lowest BCUT2D eigenvalue weighted by Crippen LogP contribution is -2.66. The topological polar surface area (TPSA) is 59.7 Å². The first-order chi connectivity index (χ1) is 15.7. The molecule has 1 unspecified atom stereocenters. The summed E-state index contributed by atoms with van der Waals surface area (Å²) in [4.78, 5) is 11.2. The number of hydrogen-bond donors (Lipinski definition) is 0. The molecule has 166 valence electrons. The summed E-state index contributed by atoms with van der Waals surface area (Å²) in [5.74, 6) is 2.85. The van der Waals surface area contributed by atoms with E-state index in [1.165, 1.54) is 0 Å². The van der Waals surface area contributed by atoms with Gasteiger partial charge < -0.3 is 23.6 Å². The van der Waals surface area contributed by atoms with Gasteiger partial charge in [-0.3, -0.25) is 4.90 Å². The number of hydrogen-bond acceptors (Lipinski definition) is 7. The SMILES string of the molecule is COc1ccc(CN2C(c3ccc4ccoc4c3)=NOC23CN2CCC3CC2)c(OC)c1. The van der Waals surface area contributed by atoms with Crippen molar-refractivity contribution in [2.24, 2.45) is 11.1 Å². The maximum atomic E-state index is 6.36. The second kappa shape index (κ2) is 7.45. The van der Waals surface area contributed by atoms with E-state index in [4.69, 9.17) is 18.7 Å². The fourth-order valence-electron chi connectivity index (χ4n) is 5.46. The van der Waals surface area contributed by atoms with E-state index in [-0.39, 0.29) is 0 Å². The predicted molar refractivity (Wildman–Crippen MR) is 121 cm³/mol. The van der Waals surface area contributed by atoms with E-state index in [9.17, 15) is 0 Å². The summed E-state index contributed by atoms with van der Waals surface area (Å²) in [6, 6.07) is 14.2. The molecular formula is C25H27N3O4. The minimum absolute atomic E-state index is 0.435. The van der Waals surface area contributed by atoms with Gasteiger partial charge in [0.1, 0.15) is 17.1 Å². The Hall–Kier alpha value is -3.19. The molecule has 7 nitrogen and oxygen atoms in total. The molecule has 0 radical (unpaired) electrons. The number of benzene rings is 2. The number of ether oxygens (including phenoxy) is 2. The highest BCUT2D eigenvalue weighted by Gasteiger charge is 2.57. The van der Waals surface area contributed by atoms with Gasteiger partial charge in [-0.2, -0.15) is 0 Å². The van der Waals surface area contributed by atoms with Crippen molar-refractivity contribution in [3.05, 3.63) is 59.9 Å². The summed E-state index contributed by atoms with van der Waals surface area (Å²) in [5.41, 5.74) is 2.45. The largest absolute Gasteiger partial charge is 0.497 e.